The van der Waals surface area contributed by atoms with E-state index in [1.165, 1.54) is 22.2 Å². The zero-order valence-electron chi connectivity index (χ0n) is 11.9. The Hall–Kier alpha value is -1.77. The molecule has 2 aromatic heterocycles. The highest BCUT2D eigenvalue weighted by atomic mass is 32.1. The van der Waals surface area contributed by atoms with E-state index in [-0.39, 0.29) is 11.5 Å². The fraction of sp³-hybridized carbons (Fsp3) is 0.462. The molecule has 1 aliphatic rings. The largest absolute Gasteiger partial charge is 0.379 e. The Balaban J connectivity index is 1.93. The summed E-state index contributed by atoms with van der Waals surface area (Å²) in [6, 6.07) is 0. The van der Waals surface area contributed by atoms with E-state index in [0.717, 1.165) is 0 Å². The fourth-order valence-electron chi connectivity index (χ4n) is 2.29. The van der Waals surface area contributed by atoms with Gasteiger partial charge >= 0.3 is 0 Å². The first-order chi connectivity index (χ1) is 10.1. The summed E-state index contributed by atoms with van der Waals surface area (Å²) in [7, 11) is 1.65. The standard InChI is InChI=1S/C13H16N4O3S/c1-8-9-12(14-7-16(2)13(9)19)21-10(8)11(18)15-17-3-5-20-6-4-17/h7H,3-6H2,1-2H3,(H,15,18). The minimum atomic E-state index is -0.195. The van der Waals surface area contributed by atoms with Crippen LogP contribution >= 0.6 is 11.3 Å². The number of hydrogen-bond donors (Lipinski definition) is 1. The van der Waals surface area contributed by atoms with Gasteiger partial charge in [0.1, 0.15) is 4.83 Å². The quantitative estimate of drug-likeness (QED) is 0.862. The van der Waals surface area contributed by atoms with Crippen LogP contribution in [0.4, 0.5) is 0 Å². The monoisotopic (exact) mass is 308 g/mol. The Labute approximate surface area is 125 Å². The van der Waals surface area contributed by atoms with Gasteiger partial charge in [-0.15, -0.1) is 11.3 Å². The first kappa shape index (κ1) is 14.2. The first-order valence-corrected chi connectivity index (χ1v) is 7.48. The van der Waals surface area contributed by atoms with Gasteiger partial charge in [0.25, 0.3) is 11.5 Å². The molecule has 112 valence electrons. The van der Waals surface area contributed by atoms with Gasteiger partial charge in [0.2, 0.25) is 0 Å². The molecule has 1 fully saturated rings. The summed E-state index contributed by atoms with van der Waals surface area (Å²) < 4.78 is 6.67. The van der Waals surface area contributed by atoms with Crippen molar-refractivity contribution in [3.05, 3.63) is 27.1 Å². The minimum absolute atomic E-state index is 0.126. The van der Waals surface area contributed by atoms with Crippen molar-refractivity contribution in [1.82, 2.24) is 20.0 Å². The maximum absolute atomic E-state index is 12.4. The average molecular weight is 308 g/mol. The third kappa shape index (κ3) is 2.57. The summed E-state index contributed by atoms with van der Waals surface area (Å²) in [5.41, 5.74) is 3.42. The lowest BCUT2D eigenvalue weighted by Gasteiger charge is -2.26. The molecule has 1 N–H and O–H groups in total. The van der Waals surface area contributed by atoms with Crippen LogP contribution in [0.25, 0.3) is 10.2 Å². The Morgan fingerprint density at radius 1 is 1.43 bits per heavy atom. The lowest BCUT2D eigenvalue weighted by molar-refractivity contribution is 0.0127. The summed E-state index contributed by atoms with van der Waals surface area (Å²) >= 11 is 1.25. The van der Waals surface area contributed by atoms with Crippen molar-refractivity contribution in [2.45, 2.75) is 6.92 Å². The van der Waals surface area contributed by atoms with E-state index in [4.69, 9.17) is 4.74 Å². The third-order valence-corrected chi connectivity index (χ3v) is 4.69. The minimum Gasteiger partial charge on any atom is -0.379 e. The molecular formula is C13H16N4O3S. The van der Waals surface area contributed by atoms with Crippen LogP contribution in [0.1, 0.15) is 15.2 Å². The van der Waals surface area contributed by atoms with Gasteiger partial charge in [0.15, 0.2) is 0 Å². The van der Waals surface area contributed by atoms with Crippen LogP contribution < -0.4 is 11.0 Å². The number of aromatic nitrogens is 2. The van der Waals surface area contributed by atoms with Crippen molar-refractivity contribution < 1.29 is 9.53 Å². The molecule has 2 aromatic rings. The number of nitrogens with zero attached hydrogens (tertiary/aromatic N) is 3. The molecule has 7 nitrogen and oxygen atoms in total. The molecule has 21 heavy (non-hydrogen) atoms. The van der Waals surface area contributed by atoms with Crippen molar-refractivity contribution >= 4 is 27.5 Å². The van der Waals surface area contributed by atoms with E-state index in [2.05, 4.69) is 10.4 Å². The lowest BCUT2D eigenvalue weighted by Crippen LogP contribution is -2.48. The smallest absolute Gasteiger partial charge is 0.276 e. The van der Waals surface area contributed by atoms with Crippen molar-refractivity contribution in [3.63, 3.8) is 0 Å². The number of rotatable bonds is 2. The molecule has 0 saturated carbocycles. The lowest BCUT2D eigenvalue weighted by atomic mass is 10.2. The van der Waals surface area contributed by atoms with Gasteiger partial charge in [-0.05, 0) is 12.5 Å². The van der Waals surface area contributed by atoms with Crippen molar-refractivity contribution in [2.24, 2.45) is 7.05 Å². The molecule has 0 unspecified atom stereocenters. The van der Waals surface area contributed by atoms with E-state index < -0.39 is 0 Å². The Bertz CT molecular complexity index is 746. The second-order valence-electron chi connectivity index (χ2n) is 4.94. The summed E-state index contributed by atoms with van der Waals surface area (Å²) in [5, 5.41) is 2.36. The molecule has 1 saturated heterocycles. The maximum atomic E-state index is 12.4. The van der Waals surface area contributed by atoms with Crippen LogP contribution in [0.2, 0.25) is 0 Å². The van der Waals surface area contributed by atoms with Gasteiger partial charge in [-0.25, -0.2) is 9.99 Å². The summed E-state index contributed by atoms with van der Waals surface area (Å²) in [6.07, 6.45) is 1.48. The molecule has 8 heteroatoms. The number of carbonyl (C=O) groups is 1. The number of ether oxygens (including phenoxy) is 1. The number of aryl methyl sites for hydroxylation is 2. The molecule has 0 atom stereocenters. The SMILES string of the molecule is Cc1c(C(=O)NN2CCOCC2)sc2ncn(C)c(=O)c12. The van der Waals surface area contributed by atoms with Gasteiger partial charge in [-0.3, -0.25) is 15.0 Å². The highest BCUT2D eigenvalue weighted by Crippen LogP contribution is 2.26. The highest BCUT2D eigenvalue weighted by molar-refractivity contribution is 7.20. The highest BCUT2D eigenvalue weighted by Gasteiger charge is 2.21. The number of fused-ring (bicyclic) bond motifs is 1. The van der Waals surface area contributed by atoms with Crippen molar-refractivity contribution in [1.29, 1.82) is 0 Å². The van der Waals surface area contributed by atoms with E-state index in [0.29, 0.717) is 47.0 Å². The number of morpholine rings is 1. The topological polar surface area (TPSA) is 76.5 Å². The van der Waals surface area contributed by atoms with E-state index in [1.54, 1.807) is 14.0 Å². The molecule has 0 aliphatic carbocycles. The summed E-state index contributed by atoms with van der Waals surface area (Å²) in [5.74, 6) is -0.195. The number of amides is 1. The van der Waals surface area contributed by atoms with E-state index >= 15 is 0 Å². The van der Waals surface area contributed by atoms with Gasteiger partial charge in [0, 0.05) is 20.1 Å². The third-order valence-electron chi connectivity index (χ3n) is 3.49. The summed E-state index contributed by atoms with van der Waals surface area (Å²) in [4.78, 5) is 29.9. The molecular weight excluding hydrogens is 292 g/mol. The normalized spacial score (nSPS) is 16.3. The maximum Gasteiger partial charge on any atom is 0.276 e. The summed E-state index contributed by atoms with van der Waals surface area (Å²) in [6.45, 7) is 4.32. The van der Waals surface area contributed by atoms with Crippen LogP contribution in [0.5, 0.6) is 0 Å². The molecule has 3 rings (SSSR count). The Kier molecular flexibility index (Phi) is 3.75. The molecule has 0 bridgehead atoms. The molecule has 1 amide bonds. The molecule has 0 radical (unpaired) electrons. The Morgan fingerprint density at radius 2 is 2.14 bits per heavy atom. The van der Waals surface area contributed by atoms with Gasteiger partial charge in [-0.1, -0.05) is 0 Å². The van der Waals surface area contributed by atoms with E-state index in [1.807, 2.05) is 5.01 Å². The Morgan fingerprint density at radius 3 is 2.86 bits per heavy atom. The number of carbonyl (C=O) groups excluding carboxylic acids is 1. The zero-order valence-corrected chi connectivity index (χ0v) is 12.7. The number of thiophene rings is 1. The number of hydrogen-bond acceptors (Lipinski definition) is 6. The second kappa shape index (κ2) is 5.55. The predicted octanol–water partition coefficient (Wildman–Crippen LogP) is 0.280. The van der Waals surface area contributed by atoms with Gasteiger partial charge in [0.05, 0.1) is 29.8 Å². The van der Waals surface area contributed by atoms with Crippen molar-refractivity contribution in [3.8, 4) is 0 Å². The van der Waals surface area contributed by atoms with Crippen LogP contribution in [0.15, 0.2) is 11.1 Å². The molecule has 0 aromatic carbocycles. The predicted molar refractivity (Wildman–Crippen MR) is 79.5 cm³/mol. The van der Waals surface area contributed by atoms with E-state index in [9.17, 15) is 9.59 Å². The molecule has 0 spiro atoms. The van der Waals surface area contributed by atoms with Crippen molar-refractivity contribution in [2.75, 3.05) is 26.3 Å². The van der Waals surface area contributed by atoms with Gasteiger partial charge < -0.3 is 9.30 Å². The number of hydrazine groups is 1. The van der Waals surface area contributed by atoms with Crippen LogP contribution in [-0.4, -0.2) is 46.8 Å². The second-order valence-corrected chi connectivity index (χ2v) is 5.94. The molecule has 1 aliphatic heterocycles. The van der Waals surface area contributed by atoms with Gasteiger partial charge in [-0.2, -0.15) is 0 Å². The van der Waals surface area contributed by atoms with Crippen LogP contribution in [0, 0.1) is 6.92 Å². The first-order valence-electron chi connectivity index (χ1n) is 6.66. The zero-order chi connectivity index (χ0) is 15.0. The molecule has 3 heterocycles. The number of nitrogens with one attached hydrogen (secondary N) is 1. The van der Waals surface area contributed by atoms with Crippen LogP contribution in [0.3, 0.4) is 0 Å². The average Bonchev–Trinajstić information content (AvgIpc) is 2.82. The van der Waals surface area contributed by atoms with Crippen LogP contribution in [-0.2, 0) is 11.8 Å². The fourth-order valence-corrected chi connectivity index (χ4v) is 3.32.